The van der Waals surface area contributed by atoms with Gasteiger partial charge in [0.1, 0.15) is 11.3 Å². The quantitative estimate of drug-likeness (QED) is 0.644. The number of fused-ring (bicyclic) bond motifs is 1. The summed E-state index contributed by atoms with van der Waals surface area (Å²) in [7, 11) is 0. The third-order valence-electron chi connectivity index (χ3n) is 3.97. The average molecular weight is 279 g/mol. The van der Waals surface area contributed by atoms with Crippen molar-refractivity contribution in [2.45, 2.75) is 37.7 Å². The molecule has 1 aliphatic carbocycles. The maximum absolute atomic E-state index is 11.2. The van der Waals surface area contributed by atoms with Crippen LogP contribution in [-0.4, -0.2) is 22.0 Å². The molecule has 0 aliphatic heterocycles. The SMILES string of the molecule is O=Cc1cc2ccccc2nc1C#CC1(O)CCCCC1. The topological polar surface area (TPSA) is 50.2 Å². The largest absolute Gasteiger partial charge is 0.378 e. The van der Waals surface area contributed by atoms with Gasteiger partial charge in [0.05, 0.1) is 5.52 Å². The van der Waals surface area contributed by atoms with E-state index in [1.54, 1.807) is 6.07 Å². The van der Waals surface area contributed by atoms with E-state index < -0.39 is 5.60 Å². The summed E-state index contributed by atoms with van der Waals surface area (Å²) in [6.07, 6.45) is 5.31. The first-order valence-corrected chi connectivity index (χ1v) is 7.31. The van der Waals surface area contributed by atoms with E-state index in [9.17, 15) is 9.90 Å². The van der Waals surface area contributed by atoms with Gasteiger partial charge >= 0.3 is 0 Å². The number of carbonyl (C=O) groups excluding carboxylic acids is 1. The van der Waals surface area contributed by atoms with Crippen molar-refractivity contribution >= 4 is 17.2 Å². The zero-order valence-electron chi connectivity index (χ0n) is 11.8. The number of aldehydes is 1. The summed E-state index contributed by atoms with van der Waals surface area (Å²) in [6.45, 7) is 0. The first-order chi connectivity index (χ1) is 10.2. The number of aliphatic hydroxyl groups is 1. The second-order valence-electron chi connectivity index (χ2n) is 5.58. The molecule has 0 saturated heterocycles. The molecule has 2 aromatic rings. The van der Waals surface area contributed by atoms with Crippen LogP contribution in [-0.2, 0) is 0 Å². The number of nitrogens with zero attached hydrogens (tertiary/aromatic N) is 1. The van der Waals surface area contributed by atoms with Crippen LogP contribution in [0.1, 0.15) is 48.2 Å². The molecule has 1 saturated carbocycles. The van der Waals surface area contributed by atoms with Crippen LogP contribution >= 0.6 is 0 Å². The highest BCUT2D eigenvalue weighted by atomic mass is 16.3. The lowest BCUT2D eigenvalue weighted by Gasteiger charge is -2.26. The summed E-state index contributed by atoms with van der Waals surface area (Å²) >= 11 is 0. The normalized spacial score (nSPS) is 17.0. The molecular weight excluding hydrogens is 262 g/mol. The molecule has 1 aromatic carbocycles. The summed E-state index contributed by atoms with van der Waals surface area (Å²) in [5.41, 5.74) is 0.803. The summed E-state index contributed by atoms with van der Waals surface area (Å²) in [5.74, 6) is 5.86. The number of aromatic nitrogens is 1. The van der Waals surface area contributed by atoms with Gasteiger partial charge in [-0.15, -0.1) is 0 Å². The minimum absolute atomic E-state index is 0.447. The molecule has 0 radical (unpaired) electrons. The zero-order valence-corrected chi connectivity index (χ0v) is 11.8. The van der Waals surface area contributed by atoms with Crippen LogP contribution in [0.5, 0.6) is 0 Å². The average Bonchev–Trinajstić information content (AvgIpc) is 2.53. The standard InChI is InChI=1S/C18H17NO2/c20-13-15-12-14-6-2-3-7-16(14)19-17(15)8-11-18(21)9-4-1-5-10-18/h2-3,6-7,12-13,21H,1,4-5,9-10H2. The molecule has 1 heterocycles. The molecule has 0 atom stereocenters. The van der Waals surface area contributed by atoms with Crippen LogP contribution in [0.25, 0.3) is 10.9 Å². The predicted octanol–water partition coefficient (Wildman–Crippen LogP) is 3.09. The van der Waals surface area contributed by atoms with Crippen LogP contribution in [0, 0.1) is 11.8 Å². The van der Waals surface area contributed by atoms with Gasteiger partial charge in [-0.05, 0) is 43.7 Å². The molecule has 1 N–H and O–H groups in total. The smallest absolute Gasteiger partial charge is 0.152 e. The number of hydrogen-bond acceptors (Lipinski definition) is 3. The lowest BCUT2D eigenvalue weighted by molar-refractivity contribution is 0.0610. The predicted molar refractivity (Wildman–Crippen MR) is 82.0 cm³/mol. The lowest BCUT2D eigenvalue weighted by atomic mass is 9.85. The van der Waals surface area contributed by atoms with E-state index in [1.807, 2.05) is 24.3 Å². The molecule has 1 fully saturated rings. The molecule has 21 heavy (non-hydrogen) atoms. The van der Waals surface area contributed by atoms with Crippen molar-refractivity contribution in [2.75, 3.05) is 0 Å². The number of carbonyl (C=O) groups is 1. The van der Waals surface area contributed by atoms with Crippen LogP contribution in [0.3, 0.4) is 0 Å². The Morgan fingerprint density at radius 3 is 2.71 bits per heavy atom. The van der Waals surface area contributed by atoms with Crippen molar-refractivity contribution in [1.29, 1.82) is 0 Å². The minimum Gasteiger partial charge on any atom is -0.378 e. The van der Waals surface area contributed by atoms with Gasteiger partial charge in [0.15, 0.2) is 6.29 Å². The number of hydrogen-bond donors (Lipinski definition) is 1. The Bertz CT molecular complexity index is 734. The van der Waals surface area contributed by atoms with E-state index >= 15 is 0 Å². The molecule has 1 aliphatic rings. The van der Waals surface area contributed by atoms with Crippen molar-refractivity contribution < 1.29 is 9.90 Å². The fourth-order valence-corrected chi connectivity index (χ4v) is 2.76. The molecule has 3 heteroatoms. The monoisotopic (exact) mass is 279 g/mol. The van der Waals surface area contributed by atoms with E-state index in [1.165, 1.54) is 0 Å². The van der Waals surface area contributed by atoms with E-state index in [-0.39, 0.29) is 0 Å². The van der Waals surface area contributed by atoms with Crippen LogP contribution < -0.4 is 0 Å². The number of benzene rings is 1. The van der Waals surface area contributed by atoms with Crippen LogP contribution in [0.2, 0.25) is 0 Å². The van der Waals surface area contributed by atoms with Crippen molar-refractivity contribution in [3.05, 3.63) is 41.6 Å². The molecule has 3 rings (SSSR count). The third-order valence-corrected chi connectivity index (χ3v) is 3.97. The molecule has 106 valence electrons. The van der Waals surface area contributed by atoms with E-state index in [0.29, 0.717) is 24.1 Å². The lowest BCUT2D eigenvalue weighted by Crippen LogP contribution is -2.29. The first-order valence-electron chi connectivity index (χ1n) is 7.31. The van der Waals surface area contributed by atoms with Gasteiger partial charge in [-0.2, -0.15) is 0 Å². The highest BCUT2D eigenvalue weighted by Gasteiger charge is 2.26. The Labute approximate surface area is 124 Å². The van der Waals surface area contributed by atoms with Gasteiger partial charge in [0, 0.05) is 10.9 Å². The molecule has 0 bridgehead atoms. The van der Waals surface area contributed by atoms with Gasteiger partial charge in [-0.3, -0.25) is 4.79 Å². The Morgan fingerprint density at radius 2 is 1.95 bits per heavy atom. The van der Waals surface area contributed by atoms with Gasteiger partial charge in [-0.1, -0.05) is 30.5 Å². The zero-order chi connectivity index (χ0) is 14.7. The van der Waals surface area contributed by atoms with E-state index in [0.717, 1.165) is 36.5 Å². The Hall–Kier alpha value is -2.18. The number of pyridine rings is 1. The van der Waals surface area contributed by atoms with Crippen LogP contribution in [0.4, 0.5) is 0 Å². The Morgan fingerprint density at radius 1 is 1.19 bits per heavy atom. The minimum atomic E-state index is -0.925. The van der Waals surface area contributed by atoms with Gasteiger partial charge < -0.3 is 5.11 Å². The van der Waals surface area contributed by atoms with Crippen molar-refractivity contribution in [3.63, 3.8) is 0 Å². The molecule has 1 aromatic heterocycles. The fourth-order valence-electron chi connectivity index (χ4n) is 2.76. The first kappa shape index (κ1) is 13.8. The summed E-state index contributed by atoms with van der Waals surface area (Å²) in [4.78, 5) is 15.7. The maximum Gasteiger partial charge on any atom is 0.152 e. The van der Waals surface area contributed by atoms with Gasteiger partial charge in [0.2, 0.25) is 0 Å². The van der Waals surface area contributed by atoms with Crippen LogP contribution in [0.15, 0.2) is 30.3 Å². The van der Waals surface area contributed by atoms with Gasteiger partial charge in [0.25, 0.3) is 0 Å². The summed E-state index contributed by atoms with van der Waals surface area (Å²) in [6, 6.07) is 9.42. The summed E-state index contributed by atoms with van der Waals surface area (Å²) in [5, 5.41) is 11.3. The van der Waals surface area contributed by atoms with E-state index in [4.69, 9.17) is 0 Å². The van der Waals surface area contributed by atoms with Crippen molar-refractivity contribution in [2.24, 2.45) is 0 Å². The molecule has 3 nitrogen and oxygen atoms in total. The van der Waals surface area contributed by atoms with Crippen molar-refractivity contribution in [1.82, 2.24) is 4.98 Å². The third kappa shape index (κ3) is 2.96. The second-order valence-corrected chi connectivity index (χ2v) is 5.58. The van der Waals surface area contributed by atoms with E-state index in [2.05, 4.69) is 16.8 Å². The number of rotatable bonds is 1. The maximum atomic E-state index is 11.2. The highest BCUT2D eigenvalue weighted by Crippen LogP contribution is 2.27. The highest BCUT2D eigenvalue weighted by molar-refractivity contribution is 5.88. The van der Waals surface area contributed by atoms with Crippen molar-refractivity contribution in [3.8, 4) is 11.8 Å². The molecule has 0 amide bonds. The molecular formula is C18H17NO2. The molecule has 0 spiro atoms. The molecule has 0 unspecified atom stereocenters. The second kappa shape index (κ2) is 5.67. The Kier molecular flexibility index (Phi) is 3.72. The fraction of sp³-hybridized carbons (Fsp3) is 0.333. The van der Waals surface area contributed by atoms with Gasteiger partial charge in [-0.25, -0.2) is 4.98 Å². The summed E-state index contributed by atoms with van der Waals surface area (Å²) < 4.78 is 0. The number of para-hydroxylation sites is 1. The Balaban J connectivity index is 2.02.